The lowest BCUT2D eigenvalue weighted by molar-refractivity contribution is 0.0262. The molecule has 11 heavy (non-hydrogen) atoms. The highest BCUT2D eigenvalue weighted by Gasteiger charge is 2.38. The molecular formula is C9H17NO. The van der Waals surface area contributed by atoms with Gasteiger partial charge in [-0.25, -0.2) is 0 Å². The molecule has 2 rings (SSSR count). The molecule has 0 aromatic carbocycles. The summed E-state index contributed by atoms with van der Waals surface area (Å²) in [6.45, 7) is 7.99. The van der Waals surface area contributed by atoms with Crippen LogP contribution in [-0.4, -0.2) is 36.7 Å². The van der Waals surface area contributed by atoms with Gasteiger partial charge in [0.25, 0.3) is 0 Å². The smallest absolute Gasteiger partial charge is 0.0718 e. The van der Waals surface area contributed by atoms with E-state index in [9.17, 15) is 0 Å². The lowest BCUT2D eigenvalue weighted by atomic mass is 10.2. The van der Waals surface area contributed by atoms with Gasteiger partial charge in [0.1, 0.15) is 0 Å². The van der Waals surface area contributed by atoms with Crippen LogP contribution >= 0.6 is 0 Å². The van der Waals surface area contributed by atoms with E-state index in [0.717, 1.165) is 18.6 Å². The largest absolute Gasteiger partial charge is 0.375 e. The van der Waals surface area contributed by atoms with Gasteiger partial charge in [0.2, 0.25) is 0 Å². The van der Waals surface area contributed by atoms with Crippen molar-refractivity contribution in [2.24, 2.45) is 5.92 Å². The fraction of sp³-hybridized carbons (Fsp3) is 1.00. The van der Waals surface area contributed by atoms with Gasteiger partial charge in [-0.05, 0) is 12.3 Å². The molecule has 0 radical (unpaired) electrons. The second kappa shape index (κ2) is 2.76. The van der Waals surface area contributed by atoms with Gasteiger partial charge in [-0.2, -0.15) is 0 Å². The maximum atomic E-state index is 5.52. The summed E-state index contributed by atoms with van der Waals surface area (Å²) in [4.78, 5) is 2.58. The molecule has 2 unspecified atom stereocenters. The van der Waals surface area contributed by atoms with Crippen LogP contribution in [0.15, 0.2) is 0 Å². The normalized spacial score (nSPS) is 37.4. The van der Waals surface area contributed by atoms with Crippen molar-refractivity contribution in [2.45, 2.75) is 32.4 Å². The highest BCUT2D eigenvalue weighted by molar-refractivity contribution is 4.91. The van der Waals surface area contributed by atoms with Crippen LogP contribution in [0.25, 0.3) is 0 Å². The van der Waals surface area contributed by atoms with Crippen LogP contribution in [0.1, 0.15) is 20.3 Å². The van der Waals surface area contributed by atoms with Crippen LogP contribution < -0.4 is 0 Å². The van der Waals surface area contributed by atoms with Gasteiger partial charge in [0.15, 0.2) is 0 Å². The van der Waals surface area contributed by atoms with Crippen LogP contribution in [-0.2, 0) is 4.74 Å². The van der Waals surface area contributed by atoms with E-state index in [2.05, 4.69) is 18.7 Å². The monoisotopic (exact) mass is 155 g/mol. The predicted molar refractivity (Wildman–Crippen MR) is 44.6 cm³/mol. The van der Waals surface area contributed by atoms with E-state index in [4.69, 9.17) is 4.74 Å². The van der Waals surface area contributed by atoms with Crippen molar-refractivity contribution in [1.29, 1.82) is 0 Å². The van der Waals surface area contributed by atoms with E-state index >= 15 is 0 Å². The van der Waals surface area contributed by atoms with Crippen LogP contribution in [0.4, 0.5) is 0 Å². The first kappa shape index (κ1) is 7.56. The molecule has 0 N–H and O–H groups in total. The number of hydrogen-bond acceptors (Lipinski definition) is 2. The Morgan fingerprint density at radius 2 is 2.36 bits per heavy atom. The highest BCUT2D eigenvalue weighted by atomic mass is 16.5. The Bertz CT molecular complexity index is 146. The quantitative estimate of drug-likeness (QED) is 0.592. The average Bonchev–Trinajstić information content (AvgIpc) is 2.45. The van der Waals surface area contributed by atoms with Gasteiger partial charge in [-0.1, -0.05) is 13.8 Å². The Morgan fingerprint density at radius 1 is 1.55 bits per heavy atom. The molecule has 2 aliphatic heterocycles. The van der Waals surface area contributed by atoms with E-state index < -0.39 is 0 Å². The standard InChI is InChI=1S/C9H17NO/c1-7(2)4-10-5-9-3-8(10)6-11-9/h7-9H,3-6H2,1-2H3. The Hall–Kier alpha value is -0.0800. The Labute approximate surface area is 68.5 Å². The maximum absolute atomic E-state index is 5.52. The molecule has 2 aliphatic rings. The third-order valence-corrected chi connectivity index (χ3v) is 2.61. The molecule has 2 fully saturated rings. The molecule has 0 amide bonds. The Morgan fingerprint density at radius 3 is 2.82 bits per heavy atom. The van der Waals surface area contributed by atoms with Crippen LogP contribution in [0.3, 0.4) is 0 Å². The minimum absolute atomic E-state index is 0.568. The molecule has 0 saturated carbocycles. The average molecular weight is 155 g/mol. The summed E-state index contributed by atoms with van der Waals surface area (Å²) in [5, 5.41) is 0. The third-order valence-electron chi connectivity index (χ3n) is 2.61. The zero-order chi connectivity index (χ0) is 7.84. The molecule has 2 bridgehead atoms. The third kappa shape index (κ3) is 1.42. The summed E-state index contributed by atoms with van der Waals surface area (Å²) < 4.78 is 5.52. The fourth-order valence-electron chi connectivity index (χ4n) is 2.17. The van der Waals surface area contributed by atoms with Crippen LogP contribution in [0.2, 0.25) is 0 Å². The number of hydrogen-bond donors (Lipinski definition) is 0. The van der Waals surface area contributed by atoms with Crippen molar-refractivity contribution >= 4 is 0 Å². The van der Waals surface area contributed by atoms with Crippen molar-refractivity contribution in [3.63, 3.8) is 0 Å². The van der Waals surface area contributed by atoms with Crippen molar-refractivity contribution < 1.29 is 4.74 Å². The molecule has 2 heterocycles. The lowest BCUT2D eigenvalue weighted by Gasteiger charge is -2.27. The van der Waals surface area contributed by atoms with Crippen molar-refractivity contribution in [2.75, 3.05) is 19.7 Å². The van der Waals surface area contributed by atoms with Gasteiger partial charge in [-0.3, -0.25) is 4.90 Å². The number of ether oxygens (including phenoxy) is 1. The van der Waals surface area contributed by atoms with Gasteiger partial charge >= 0.3 is 0 Å². The van der Waals surface area contributed by atoms with E-state index in [0.29, 0.717) is 6.10 Å². The first-order valence-corrected chi connectivity index (χ1v) is 4.61. The molecule has 0 spiro atoms. The van der Waals surface area contributed by atoms with Crippen LogP contribution in [0.5, 0.6) is 0 Å². The highest BCUT2D eigenvalue weighted by Crippen LogP contribution is 2.27. The van der Waals surface area contributed by atoms with Crippen molar-refractivity contribution in [3.05, 3.63) is 0 Å². The molecule has 0 aromatic rings. The van der Waals surface area contributed by atoms with Gasteiger partial charge in [0, 0.05) is 19.1 Å². The van der Waals surface area contributed by atoms with E-state index in [-0.39, 0.29) is 0 Å². The second-order valence-corrected chi connectivity index (χ2v) is 4.19. The Kier molecular flexibility index (Phi) is 1.90. The number of nitrogens with zero attached hydrogens (tertiary/aromatic N) is 1. The molecule has 0 aromatic heterocycles. The summed E-state index contributed by atoms with van der Waals surface area (Å²) in [5.41, 5.74) is 0. The SMILES string of the molecule is CC(C)CN1CC2CC1CO2. The predicted octanol–water partition coefficient (Wildman–Crippen LogP) is 1.12. The molecule has 2 nitrogen and oxygen atoms in total. The van der Waals surface area contributed by atoms with Gasteiger partial charge in [-0.15, -0.1) is 0 Å². The second-order valence-electron chi connectivity index (χ2n) is 4.19. The number of fused-ring (bicyclic) bond motifs is 2. The molecule has 2 heteroatoms. The maximum Gasteiger partial charge on any atom is 0.0718 e. The first-order chi connectivity index (χ1) is 5.25. The number of rotatable bonds is 2. The van der Waals surface area contributed by atoms with Crippen LogP contribution in [0, 0.1) is 5.92 Å². The lowest BCUT2D eigenvalue weighted by Crippen LogP contribution is -2.39. The van der Waals surface area contributed by atoms with Crippen molar-refractivity contribution in [1.82, 2.24) is 4.90 Å². The molecule has 2 saturated heterocycles. The minimum Gasteiger partial charge on any atom is -0.375 e. The summed E-state index contributed by atoms with van der Waals surface area (Å²) in [5.74, 6) is 0.800. The van der Waals surface area contributed by atoms with E-state index in [1.54, 1.807) is 0 Å². The first-order valence-electron chi connectivity index (χ1n) is 4.61. The van der Waals surface area contributed by atoms with Gasteiger partial charge < -0.3 is 4.74 Å². The summed E-state index contributed by atoms with van der Waals surface area (Å²) in [6.07, 6.45) is 1.85. The van der Waals surface area contributed by atoms with E-state index in [1.807, 2.05) is 0 Å². The zero-order valence-electron chi connectivity index (χ0n) is 7.42. The minimum atomic E-state index is 0.568. The number of likely N-dealkylation sites (tertiary alicyclic amines) is 1. The molecule has 64 valence electrons. The van der Waals surface area contributed by atoms with Gasteiger partial charge in [0.05, 0.1) is 12.7 Å². The van der Waals surface area contributed by atoms with E-state index in [1.165, 1.54) is 19.5 Å². The molecular weight excluding hydrogens is 138 g/mol. The molecule has 0 aliphatic carbocycles. The number of morpholine rings is 1. The topological polar surface area (TPSA) is 12.5 Å². The summed E-state index contributed by atoms with van der Waals surface area (Å²) in [6, 6.07) is 0.752. The molecule has 2 atom stereocenters. The fourth-order valence-corrected chi connectivity index (χ4v) is 2.17. The van der Waals surface area contributed by atoms with Crippen molar-refractivity contribution in [3.8, 4) is 0 Å². The zero-order valence-corrected chi connectivity index (χ0v) is 7.42. The summed E-state index contributed by atoms with van der Waals surface area (Å²) in [7, 11) is 0. The Balaban J connectivity index is 1.87. The summed E-state index contributed by atoms with van der Waals surface area (Å²) >= 11 is 0.